The summed E-state index contributed by atoms with van der Waals surface area (Å²) < 4.78 is 5.69. The van der Waals surface area contributed by atoms with Crippen molar-refractivity contribution in [1.29, 1.82) is 5.26 Å². The lowest BCUT2D eigenvalue weighted by Crippen LogP contribution is -2.32. The number of amides is 1. The average Bonchev–Trinajstić information content (AvgIpc) is 2.65. The molecule has 0 fully saturated rings. The number of hydrogen-bond acceptors (Lipinski definition) is 4. The number of aliphatic hydroxyl groups is 1. The molecule has 130 valence electrons. The number of carbonyl (C=O) groups excluding carboxylic acids is 1. The SMILES string of the molecule is CC(CCCO)NC(=O)c1cccc(COc2cccc(C#N)c2)c1. The third-order valence-electron chi connectivity index (χ3n) is 3.73. The van der Waals surface area contributed by atoms with E-state index < -0.39 is 0 Å². The van der Waals surface area contributed by atoms with Gasteiger partial charge in [0.05, 0.1) is 11.6 Å². The number of ether oxygens (including phenoxy) is 1. The van der Waals surface area contributed by atoms with Gasteiger partial charge in [0.25, 0.3) is 5.91 Å². The molecule has 2 rings (SSSR count). The van der Waals surface area contributed by atoms with E-state index in [9.17, 15) is 4.79 Å². The van der Waals surface area contributed by atoms with E-state index in [1.807, 2.05) is 19.1 Å². The van der Waals surface area contributed by atoms with E-state index in [0.717, 1.165) is 12.0 Å². The van der Waals surface area contributed by atoms with E-state index in [1.165, 1.54) is 0 Å². The molecule has 0 spiro atoms. The zero-order chi connectivity index (χ0) is 18.1. The molecule has 0 heterocycles. The summed E-state index contributed by atoms with van der Waals surface area (Å²) in [5.41, 5.74) is 1.99. The summed E-state index contributed by atoms with van der Waals surface area (Å²) >= 11 is 0. The molecule has 0 saturated heterocycles. The molecule has 0 aliphatic rings. The zero-order valence-corrected chi connectivity index (χ0v) is 14.2. The minimum Gasteiger partial charge on any atom is -0.489 e. The Bertz CT molecular complexity index is 753. The molecule has 0 radical (unpaired) electrons. The van der Waals surface area contributed by atoms with Crippen molar-refractivity contribution >= 4 is 5.91 Å². The van der Waals surface area contributed by atoms with E-state index >= 15 is 0 Å². The van der Waals surface area contributed by atoms with Crippen molar-refractivity contribution in [3.63, 3.8) is 0 Å². The van der Waals surface area contributed by atoms with Crippen molar-refractivity contribution in [2.75, 3.05) is 6.61 Å². The Balaban J connectivity index is 1.96. The monoisotopic (exact) mass is 338 g/mol. The third kappa shape index (κ3) is 5.94. The molecule has 2 N–H and O–H groups in total. The Kier molecular flexibility index (Phi) is 7.00. The maximum Gasteiger partial charge on any atom is 0.251 e. The highest BCUT2D eigenvalue weighted by Crippen LogP contribution is 2.15. The second kappa shape index (κ2) is 9.45. The van der Waals surface area contributed by atoms with Crippen molar-refractivity contribution in [3.05, 3.63) is 65.2 Å². The molecule has 5 nitrogen and oxygen atoms in total. The fourth-order valence-corrected chi connectivity index (χ4v) is 2.40. The van der Waals surface area contributed by atoms with E-state index in [1.54, 1.807) is 36.4 Å². The molecule has 2 aromatic rings. The molecule has 0 aliphatic carbocycles. The van der Waals surface area contributed by atoms with Crippen LogP contribution in [0, 0.1) is 11.3 Å². The Morgan fingerprint density at radius 3 is 2.84 bits per heavy atom. The van der Waals surface area contributed by atoms with Gasteiger partial charge in [0, 0.05) is 18.2 Å². The first-order valence-corrected chi connectivity index (χ1v) is 8.26. The van der Waals surface area contributed by atoms with Crippen LogP contribution in [-0.2, 0) is 6.61 Å². The van der Waals surface area contributed by atoms with Crippen molar-refractivity contribution < 1.29 is 14.6 Å². The first-order chi connectivity index (χ1) is 12.1. The first kappa shape index (κ1) is 18.5. The van der Waals surface area contributed by atoms with Gasteiger partial charge in [0.15, 0.2) is 0 Å². The van der Waals surface area contributed by atoms with Crippen molar-refractivity contribution in [2.45, 2.75) is 32.4 Å². The lowest BCUT2D eigenvalue weighted by atomic mass is 10.1. The van der Waals surface area contributed by atoms with Gasteiger partial charge in [-0.05, 0) is 55.7 Å². The van der Waals surface area contributed by atoms with Gasteiger partial charge in [-0.25, -0.2) is 0 Å². The quantitative estimate of drug-likeness (QED) is 0.775. The Hall–Kier alpha value is -2.84. The zero-order valence-electron chi connectivity index (χ0n) is 14.2. The largest absolute Gasteiger partial charge is 0.489 e. The highest BCUT2D eigenvalue weighted by molar-refractivity contribution is 5.94. The fourth-order valence-electron chi connectivity index (χ4n) is 2.40. The number of nitriles is 1. The van der Waals surface area contributed by atoms with Crippen LogP contribution in [0.2, 0.25) is 0 Å². The molecule has 1 unspecified atom stereocenters. The van der Waals surface area contributed by atoms with E-state index in [2.05, 4.69) is 11.4 Å². The molecule has 25 heavy (non-hydrogen) atoms. The standard InChI is InChI=1S/C20H22N2O3/c1-15(5-4-10-23)22-20(24)18-8-2-7-17(11-18)14-25-19-9-3-6-16(12-19)13-21/h2-3,6-9,11-12,15,23H,4-5,10,14H2,1H3,(H,22,24). The lowest BCUT2D eigenvalue weighted by Gasteiger charge is -2.14. The Morgan fingerprint density at radius 2 is 2.08 bits per heavy atom. The van der Waals surface area contributed by atoms with Gasteiger partial charge in [-0.2, -0.15) is 5.26 Å². The number of hydrogen-bond donors (Lipinski definition) is 2. The molecule has 1 atom stereocenters. The van der Waals surface area contributed by atoms with Crippen LogP contribution in [0.5, 0.6) is 5.75 Å². The molecule has 2 aromatic carbocycles. The summed E-state index contributed by atoms with van der Waals surface area (Å²) in [6, 6.07) is 16.3. The van der Waals surface area contributed by atoms with Gasteiger partial charge in [-0.3, -0.25) is 4.79 Å². The second-order valence-electron chi connectivity index (χ2n) is 5.87. The average molecular weight is 338 g/mol. The van der Waals surface area contributed by atoms with Crippen molar-refractivity contribution in [1.82, 2.24) is 5.32 Å². The molecule has 5 heteroatoms. The first-order valence-electron chi connectivity index (χ1n) is 8.26. The summed E-state index contributed by atoms with van der Waals surface area (Å²) in [6.45, 7) is 2.36. The lowest BCUT2D eigenvalue weighted by molar-refractivity contribution is 0.0936. The number of carbonyl (C=O) groups is 1. The molecule has 1 amide bonds. The number of nitrogens with zero attached hydrogens (tertiary/aromatic N) is 1. The maximum absolute atomic E-state index is 12.3. The highest BCUT2D eigenvalue weighted by Gasteiger charge is 2.10. The minimum atomic E-state index is -0.140. The molecular formula is C20H22N2O3. The summed E-state index contributed by atoms with van der Waals surface area (Å²) in [5, 5.41) is 20.7. The minimum absolute atomic E-state index is 0.00766. The number of benzene rings is 2. The number of aliphatic hydroxyl groups excluding tert-OH is 1. The summed E-state index contributed by atoms with van der Waals surface area (Å²) in [6.07, 6.45) is 1.40. The van der Waals surface area contributed by atoms with Crippen LogP contribution in [0.25, 0.3) is 0 Å². The third-order valence-corrected chi connectivity index (χ3v) is 3.73. The molecule has 0 aliphatic heterocycles. The fraction of sp³-hybridized carbons (Fsp3) is 0.300. The topological polar surface area (TPSA) is 82.3 Å². The second-order valence-corrected chi connectivity index (χ2v) is 5.87. The normalized spacial score (nSPS) is 11.4. The van der Waals surface area contributed by atoms with Gasteiger partial charge in [-0.1, -0.05) is 18.2 Å². The number of rotatable bonds is 8. The summed E-state index contributed by atoms with van der Waals surface area (Å²) in [7, 11) is 0. The number of nitrogens with one attached hydrogen (secondary N) is 1. The van der Waals surface area contributed by atoms with Gasteiger partial charge >= 0.3 is 0 Å². The molecular weight excluding hydrogens is 316 g/mol. The van der Waals surface area contributed by atoms with Gasteiger partial charge in [-0.15, -0.1) is 0 Å². The van der Waals surface area contributed by atoms with Crippen molar-refractivity contribution in [3.8, 4) is 11.8 Å². The van der Waals surface area contributed by atoms with Crippen LogP contribution in [0.4, 0.5) is 0 Å². The van der Waals surface area contributed by atoms with Crippen LogP contribution >= 0.6 is 0 Å². The van der Waals surface area contributed by atoms with Gasteiger partial charge in [0.1, 0.15) is 12.4 Å². The van der Waals surface area contributed by atoms with Crippen LogP contribution < -0.4 is 10.1 Å². The Labute approximate surface area is 147 Å². The molecule has 0 bridgehead atoms. The van der Waals surface area contributed by atoms with Crippen LogP contribution in [0.15, 0.2) is 48.5 Å². The van der Waals surface area contributed by atoms with E-state index in [0.29, 0.717) is 29.9 Å². The van der Waals surface area contributed by atoms with Crippen LogP contribution in [0.1, 0.15) is 41.3 Å². The maximum atomic E-state index is 12.3. The van der Waals surface area contributed by atoms with Gasteiger partial charge in [0.2, 0.25) is 0 Å². The summed E-state index contributed by atoms with van der Waals surface area (Å²) in [5.74, 6) is 0.477. The highest BCUT2D eigenvalue weighted by atomic mass is 16.5. The van der Waals surface area contributed by atoms with Gasteiger partial charge < -0.3 is 15.2 Å². The predicted octanol–water partition coefficient (Wildman–Crippen LogP) is 3.03. The van der Waals surface area contributed by atoms with Crippen LogP contribution in [-0.4, -0.2) is 23.7 Å². The van der Waals surface area contributed by atoms with Crippen LogP contribution in [0.3, 0.4) is 0 Å². The van der Waals surface area contributed by atoms with E-state index in [4.69, 9.17) is 15.1 Å². The molecule has 0 saturated carbocycles. The predicted molar refractivity (Wildman–Crippen MR) is 95.2 cm³/mol. The Morgan fingerprint density at radius 1 is 1.28 bits per heavy atom. The smallest absolute Gasteiger partial charge is 0.251 e. The molecule has 0 aromatic heterocycles. The van der Waals surface area contributed by atoms with Crippen molar-refractivity contribution in [2.24, 2.45) is 0 Å². The summed E-state index contributed by atoms with van der Waals surface area (Å²) in [4.78, 5) is 12.3. The van der Waals surface area contributed by atoms with E-state index in [-0.39, 0.29) is 18.6 Å².